The van der Waals surface area contributed by atoms with Crippen molar-refractivity contribution in [1.82, 2.24) is 0 Å². The first kappa shape index (κ1) is 44.8. The van der Waals surface area contributed by atoms with Crippen molar-refractivity contribution in [2.45, 2.75) is 150 Å². The zero-order chi connectivity index (χ0) is 44.2. The van der Waals surface area contributed by atoms with Crippen molar-refractivity contribution in [3.05, 3.63) is 177 Å². The third-order valence-corrected chi connectivity index (χ3v) is 18.7. The minimum absolute atomic E-state index is 0.0935. The van der Waals surface area contributed by atoms with Gasteiger partial charge in [0.25, 0.3) is 0 Å². The number of aryl methyl sites for hydroxylation is 1. The highest BCUT2D eigenvalue weighted by atomic mass is 31.1. The van der Waals surface area contributed by atoms with Crippen LogP contribution in [0.4, 0.5) is 0 Å². The van der Waals surface area contributed by atoms with E-state index in [4.69, 9.17) is 0 Å². The largest absolute Gasteiger partial charge is 0.0801 e. The van der Waals surface area contributed by atoms with Crippen molar-refractivity contribution in [3.8, 4) is 0 Å². The van der Waals surface area contributed by atoms with Crippen LogP contribution in [0, 0.1) is 5.92 Å². The van der Waals surface area contributed by atoms with Crippen molar-refractivity contribution < 1.29 is 0 Å². The summed E-state index contributed by atoms with van der Waals surface area (Å²) in [5, 5.41) is 8.81. The first-order valence-corrected chi connectivity index (χ1v) is 26.3. The topological polar surface area (TPSA) is 0 Å². The zero-order valence-electron chi connectivity index (χ0n) is 40.0. The molecule has 0 amide bonds. The van der Waals surface area contributed by atoms with Crippen molar-refractivity contribution in [1.29, 1.82) is 0 Å². The molecule has 322 valence electrons. The van der Waals surface area contributed by atoms with Gasteiger partial charge in [0.2, 0.25) is 0 Å². The Labute approximate surface area is 379 Å². The van der Waals surface area contributed by atoms with Gasteiger partial charge in [0.15, 0.2) is 0 Å². The van der Waals surface area contributed by atoms with Gasteiger partial charge in [-0.3, -0.25) is 0 Å². The molecule has 0 bridgehead atoms. The fraction of sp³-hybridized carbons (Fsp3) is 0.400. The summed E-state index contributed by atoms with van der Waals surface area (Å²) in [5.74, 6) is 0.446. The molecular formula is C60H72P2. The highest BCUT2D eigenvalue weighted by Gasteiger charge is 2.36. The van der Waals surface area contributed by atoms with Crippen LogP contribution in [-0.4, -0.2) is 0 Å². The molecule has 0 N–H and O–H groups in total. The van der Waals surface area contributed by atoms with Crippen LogP contribution in [-0.2, 0) is 34.5 Å². The maximum absolute atomic E-state index is 2.66. The number of rotatable bonds is 7. The van der Waals surface area contributed by atoms with E-state index in [1.165, 1.54) is 86.2 Å². The van der Waals surface area contributed by atoms with E-state index in [0.717, 1.165) is 12.8 Å². The minimum Gasteiger partial charge on any atom is -0.0801 e. The standard InChI is InChI=1S/C60H72P2/c1-57(2,3)43-23-31-47(32-24-43)61(48-33-25-44(26-34-48)58(4,5)6)53-39-21-41-17-13-15-19-51(41)55(53)56-52-20-16-14-18-42(52)22-40-54(56)62(49-35-27-45(28-36-49)59(7,8)9)50-37-29-46(30-38-50)60(10,11)12/h19,21-41H,13-18,20H2,1-12H3. The predicted octanol–water partition coefficient (Wildman–Crippen LogP) is 14.7. The van der Waals surface area contributed by atoms with Crippen LogP contribution in [0.25, 0.3) is 5.57 Å². The molecule has 0 saturated carbocycles. The van der Waals surface area contributed by atoms with Gasteiger partial charge in [0, 0.05) is 5.92 Å². The molecule has 0 aliphatic heterocycles. The second-order valence-electron chi connectivity index (χ2n) is 22.5. The third kappa shape index (κ3) is 9.22. The van der Waals surface area contributed by atoms with Crippen LogP contribution in [0.2, 0.25) is 0 Å². The molecule has 0 radical (unpaired) electrons. The average Bonchev–Trinajstić information content (AvgIpc) is 3.23. The van der Waals surface area contributed by atoms with Crippen LogP contribution in [0.1, 0.15) is 154 Å². The smallest absolute Gasteiger partial charge is 0.00246 e. The second-order valence-corrected chi connectivity index (χ2v) is 26.8. The summed E-state index contributed by atoms with van der Waals surface area (Å²) in [4.78, 5) is 0. The summed E-state index contributed by atoms with van der Waals surface area (Å²) in [6, 6.07) is 44.3. The van der Waals surface area contributed by atoms with Gasteiger partial charge < -0.3 is 0 Å². The molecule has 8 rings (SSSR count). The molecule has 0 spiro atoms. The van der Waals surface area contributed by atoms with Gasteiger partial charge in [-0.15, -0.1) is 0 Å². The summed E-state index contributed by atoms with van der Waals surface area (Å²) in [5.41, 5.74) is 13.8. The number of allylic oxidation sites excluding steroid dienone is 6. The van der Waals surface area contributed by atoms with Gasteiger partial charge in [0.1, 0.15) is 0 Å². The van der Waals surface area contributed by atoms with Gasteiger partial charge in [0.05, 0.1) is 0 Å². The van der Waals surface area contributed by atoms with Crippen molar-refractivity contribution in [3.63, 3.8) is 0 Å². The normalized spacial score (nSPS) is 17.3. The second kappa shape index (κ2) is 17.3. The lowest BCUT2D eigenvalue weighted by Gasteiger charge is -2.37. The SMILES string of the molecule is CC(C)(C)c1ccc(P(C2=C(c3c(P(c4ccc(C(C)(C)C)cc4)c4ccc(C(C)(C)C)cc4)ccc4c3CCCC4)C3=CCCCC3C=C2)c2ccc(C(C)(C)C)cc2)cc1. The molecule has 3 aliphatic carbocycles. The Bertz CT molecular complexity index is 2360. The molecule has 2 heteroatoms. The van der Waals surface area contributed by atoms with E-state index in [2.05, 4.69) is 211 Å². The molecule has 0 heterocycles. The molecule has 1 atom stereocenters. The van der Waals surface area contributed by atoms with Crippen LogP contribution >= 0.6 is 15.8 Å². The van der Waals surface area contributed by atoms with Crippen molar-refractivity contribution in [2.75, 3.05) is 0 Å². The van der Waals surface area contributed by atoms with Crippen molar-refractivity contribution in [2.24, 2.45) is 5.92 Å². The highest BCUT2D eigenvalue weighted by Crippen LogP contribution is 2.56. The van der Waals surface area contributed by atoms with Crippen LogP contribution in [0.15, 0.2) is 138 Å². The Kier molecular flexibility index (Phi) is 12.5. The molecule has 3 aliphatic rings. The summed E-state index contributed by atoms with van der Waals surface area (Å²) in [7, 11) is -1.78. The zero-order valence-corrected chi connectivity index (χ0v) is 41.8. The van der Waals surface area contributed by atoms with Gasteiger partial charge in [-0.25, -0.2) is 0 Å². The van der Waals surface area contributed by atoms with E-state index in [1.807, 2.05) is 0 Å². The lowest BCUT2D eigenvalue weighted by atomic mass is 9.75. The Hall–Kier alpha value is -3.82. The molecule has 0 fully saturated rings. The monoisotopic (exact) mass is 855 g/mol. The van der Waals surface area contributed by atoms with Gasteiger partial charge >= 0.3 is 0 Å². The van der Waals surface area contributed by atoms with Crippen LogP contribution in [0.5, 0.6) is 0 Å². The molecule has 1 unspecified atom stereocenters. The third-order valence-electron chi connectivity index (χ3n) is 13.7. The molecule has 0 saturated heterocycles. The summed E-state index contributed by atoms with van der Waals surface area (Å²) in [6.45, 7) is 28.0. The fourth-order valence-electron chi connectivity index (χ4n) is 9.86. The maximum Gasteiger partial charge on any atom is 0.00246 e. The average molecular weight is 855 g/mol. The minimum atomic E-state index is -0.890. The molecule has 5 aromatic rings. The molecule has 0 aromatic heterocycles. The number of fused-ring (bicyclic) bond motifs is 2. The molecule has 62 heavy (non-hydrogen) atoms. The van der Waals surface area contributed by atoms with Crippen molar-refractivity contribution >= 4 is 47.9 Å². The number of hydrogen-bond donors (Lipinski definition) is 0. The number of benzene rings is 5. The maximum atomic E-state index is 2.66. The summed E-state index contributed by atoms with van der Waals surface area (Å²) >= 11 is 0. The van der Waals surface area contributed by atoms with Gasteiger partial charge in [-0.05, 0) is 164 Å². The van der Waals surface area contributed by atoms with E-state index in [9.17, 15) is 0 Å². The summed E-state index contributed by atoms with van der Waals surface area (Å²) in [6.07, 6.45) is 16.3. The first-order valence-electron chi connectivity index (χ1n) is 23.6. The first-order chi connectivity index (χ1) is 29.3. The number of hydrogen-bond acceptors (Lipinski definition) is 0. The quantitative estimate of drug-likeness (QED) is 0.143. The molecule has 0 nitrogen and oxygen atoms in total. The van der Waals surface area contributed by atoms with Gasteiger partial charge in [-0.2, -0.15) is 0 Å². The van der Waals surface area contributed by atoms with Crippen LogP contribution in [0.3, 0.4) is 0 Å². The fourth-order valence-corrected chi connectivity index (χ4v) is 14.8. The van der Waals surface area contributed by atoms with E-state index in [0.29, 0.717) is 5.92 Å². The Morgan fingerprint density at radius 1 is 0.452 bits per heavy atom. The Morgan fingerprint density at radius 2 is 0.871 bits per heavy atom. The van der Waals surface area contributed by atoms with Gasteiger partial charge in [-0.1, -0.05) is 211 Å². The molecule has 5 aromatic carbocycles. The van der Waals surface area contributed by atoms with E-state index in [-0.39, 0.29) is 21.7 Å². The molecular weight excluding hydrogens is 783 g/mol. The highest BCUT2D eigenvalue weighted by molar-refractivity contribution is 7.80. The van der Waals surface area contributed by atoms with E-state index >= 15 is 0 Å². The lowest BCUT2D eigenvalue weighted by molar-refractivity contribution is 0.590. The summed E-state index contributed by atoms with van der Waals surface area (Å²) < 4.78 is 0. The predicted molar refractivity (Wildman–Crippen MR) is 277 cm³/mol. The van der Waals surface area contributed by atoms with Crippen LogP contribution < -0.4 is 26.5 Å². The van der Waals surface area contributed by atoms with E-state index < -0.39 is 15.8 Å². The lowest BCUT2D eigenvalue weighted by Crippen LogP contribution is -2.28. The Morgan fingerprint density at radius 3 is 1.31 bits per heavy atom. The Balaban J connectivity index is 1.45. The van der Waals surface area contributed by atoms with E-state index in [1.54, 1.807) is 27.8 Å².